The molecule has 4 aromatic rings. The SMILES string of the molecule is COc1ccc(NC(=O)C(c2ccc(F)cc2)N(Cc2ccccc2F)C(=O)Cc2ccccc2)c(OC)c1. The number of benzene rings is 4. The Morgan fingerprint density at radius 3 is 2.21 bits per heavy atom. The van der Waals surface area contributed by atoms with Crippen molar-refractivity contribution in [3.05, 3.63) is 125 Å². The number of methoxy groups -OCH3 is 2. The standard InChI is InChI=1S/C31H28F2N2O4/c1-38-25-16-17-27(28(19-25)39-2)34-31(37)30(22-12-14-24(32)15-13-22)35(20-23-10-6-7-11-26(23)33)29(36)18-21-8-4-3-5-9-21/h3-17,19,30H,18,20H2,1-2H3,(H,34,37). The predicted molar refractivity (Wildman–Crippen MR) is 144 cm³/mol. The van der Waals surface area contributed by atoms with Crippen LogP contribution in [0.2, 0.25) is 0 Å². The maximum Gasteiger partial charge on any atom is 0.251 e. The molecule has 0 aliphatic heterocycles. The smallest absolute Gasteiger partial charge is 0.251 e. The summed E-state index contributed by atoms with van der Waals surface area (Å²) < 4.78 is 39.3. The van der Waals surface area contributed by atoms with E-state index in [4.69, 9.17) is 9.47 Å². The maximum absolute atomic E-state index is 14.8. The normalized spacial score (nSPS) is 11.4. The minimum absolute atomic E-state index is 0.0217. The minimum atomic E-state index is -1.21. The van der Waals surface area contributed by atoms with Gasteiger partial charge in [-0.15, -0.1) is 0 Å². The first kappa shape index (κ1) is 27.3. The molecule has 0 aromatic heterocycles. The zero-order chi connectivity index (χ0) is 27.8. The van der Waals surface area contributed by atoms with Crippen LogP contribution in [0.3, 0.4) is 0 Å². The molecule has 4 rings (SSSR count). The number of amides is 2. The zero-order valence-corrected chi connectivity index (χ0v) is 21.6. The van der Waals surface area contributed by atoms with Gasteiger partial charge >= 0.3 is 0 Å². The molecule has 0 aliphatic carbocycles. The molecule has 0 bridgehead atoms. The molecule has 8 heteroatoms. The molecule has 6 nitrogen and oxygen atoms in total. The van der Waals surface area contributed by atoms with Gasteiger partial charge in [0.25, 0.3) is 5.91 Å². The van der Waals surface area contributed by atoms with E-state index in [0.29, 0.717) is 22.7 Å². The molecule has 0 radical (unpaired) electrons. The lowest BCUT2D eigenvalue weighted by molar-refractivity contribution is -0.139. The molecule has 39 heavy (non-hydrogen) atoms. The second kappa shape index (κ2) is 12.7. The third-order valence-electron chi connectivity index (χ3n) is 6.23. The van der Waals surface area contributed by atoms with Crippen molar-refractivity contribution in [2.24, 2.45) is 0 Å². The van der Waals surface area contributed by atoms with Crippen molar-refractivity contribution < 1.29 is 27.8 Å². The van der Waals surface area contributed by atoms with Crippen LogP contribution in [0.4, 0.5) is 14.5 Å². The molecule has 0 heterocycles. The first-order valence-electron chi connectivity index (χ1n) is 12.2. The van der Waals surface area contributed by atoms with Gasteiger partial charge in [0.1, 0.15) is 29.2 Å². The summed E-state index contributed by atoms with van der Waals surface area (Å²) in [5.41, 5.74) is 1.67. The highest BCUT2D eigenvalue weighted by atomic mass is 19.1. The lowest BCUT2D eigenvalue weighted by Gasteiger charge is -2.32. The molecule has 0 fully saturated rings. The molecule has 1 unspecified atom stereocenters. The van der Waals surface area contributed by atoms with Gasteiger partial charge in [-0.25, -0.2) is 8.78 Å². The van der Waals surface area contributed by atoms with Gasteiger partial charge in [-0.3, -0.25) is 9.59 Å². The third kappa shape index (κ3) is 6.78. The van der Waals surface area contributed by atoms with E-state index in [1.165, 1.54) is 49.5 Å². The Morgan fingerprint density at radius 1 is 0.846 bits per heavy atom. The Morgan fingerprint density at radius 2 is 1.54 bits per heavy atom. The Labute approximate surface area is 225 Å². The quantitative estimate of drug-likeness (QED) is 0.276. The van der Waals surface area contributed by atoms with E-state index in [-0.39, 0.29) is 18.5 Å². The maximum atomic E-state index is 14.8. The van der Waals surface area contributed by atoms with Gasteiger partial charge in [0.2, 0.25) is 5.91 Å². The fourth-order valence-corrected chi connectivity index (χ4v) is 4.23. The van der Waals surface area contributed by atoms with Crippen LogP contribution in [0, 0.1) is 11.6 Å². The fraction of sp³-hybridized carbons (Fsp3) is 0.161. The van der Waals surface area contributed by atoms with E-state index >= 15 is 0 Å². The minimum Gasteiger partial charge on any atom is -0.497 e. The highest BCUT2D eigenvalue weighted by Gasteiger charge is 2.33. The molecule has 4 aromatic carbocycles. The summed E-state index contributed by atoms with van der Waals surface area (Å²) in [5, 5.41) is 2.82. The van der Waals surface area contributed by atoms with Gasteiger partial charge in [0, 0.05) is 18.2 Å². The summed E-state index contributed by atoms with van der Waals surface area (Å²) in [4.78, 5) is 29.0. The molecule has 1 N–H and O–H groups in total. The first-order valence-corrected chi connectivity index (χ1v) is 12.2. The lowest BCUT2D eigenvalue weighted by Crippen LogP contribution is -2.42. The summed E-state index contributed by atoms with van der Waals surface area (Å²) >= 11 is 0. The molecule has 1 atom stereocenters. The van der Waals surface area contributed by atoms with Crippen LogP contribution in [0.5, 0.6) is 11.5 Å². The van der Waals surface area contributed by atoms with E-state index in [1.807, 2.05) is 18.2 Å². The monoisotopic (exact) mass is 530 g/mol. The van der Waals surface area contributed by atoms with Gasteiger partial charge in [-0.1, -0.05) is 60.7 Å². The van der Waals surface area contributed by atoms with Crippen molar-refractivity contribution in [2.75, 3.05) is 19.5 Å². The number of carbonyl (C=O) groups excluding carboxylic acids is 2. The largest absolute Gasteiger partial charge is 0.497 e. The molecule has 0 spiro atoms. The van der Waals surface area contributed by atoms with Crippen molar-refractivity contribution in [3.8, 4) is 11.5 Å². The van der Waals surface area contributed by atoms with Gasteiger partial charge in [-0.05, 0) is 41.5 Å². The Balaban J connectivity index is 1.77. The predicted octanol–water partition coefficient (Wildman–Crippen LogP) is 5.93. The summed E-state index contributed by atoms with van der Waals surface area (Å²) in [5.74, 6) is -1.12. The van der Waals surface area contributed by atoms with Crippen molar-refractivity contribution in [2.45, 2.75) is 19.0 Å². The van der Waals surface area contributed by atoms with Crippen molar-refractivity contribution >= 4 is 17.5 Å². The van der Waals surface area contributed by atoms with Crippen LogP contribution in [-0.2, 0) is 22.6 Å². The lowest BCUT2D eigenvalue weighted by atomic mass is 10.0. The van der Waals surface area contributed by atoms with Crippen LogP contribution in [0.25, 0.3) is 0 Å². The topological polar surface area (TPSA) is 67.9 Å². The summed E-state index contributed by atoms with van der Waals surface area (Å²) in [7, 11) is 2.96. The molecular formula is C31H28F2N2O4. The number of halogens is 2. The van der Waals surface area contributed by atoms with Gasteiger partial charge in [0.05, 0.1) is 26.3 Å². The second-order valence-electron chi connectivity index (χ2n) is 8.78. The number of nitrogens with one attached hydrogen (secondary N) is 1. The van der Waals surface area contributed by atoms with Gasteiger partial charge in [-0.2, -0.15) is 0 Å². The van der Waals surface area contributed by atoms with E-state index in [9.17, 15) is 18.4 Å². The zero-order valence-electron chi connectivity index (χ0n) is 21.6. The summed E-state index contributed by atoms with van der Waals surface area (Å²) in [6.07, 6.45) is -0.0217. The van der Waals surface area contributed by atoms with Gasteiger partial charge < -0.3 is 19.7 Å². The highest BCUT2D eigenvalue weighted by molar-refractivity contribution is 5.99. The Bertz CT molecular complexity index is 1430. The number of ether oxygens (including phenoxy) is 2. The first-order chi connectivity index (χ1) is 18.9. The van der Waals surface area contributed by atoms with Crippen LogP contribution in [0.15, 0.2) is 97.1 Å². The highest BCUT2D eigenvalue weighted by Crippen LogP contribution is 2.32. The van der Waals surface area contributed by atoms with Crippen LogP contribution in [-0.4, -0.2) is 30.9 Å². The Kier molecular flexibility index (Phi) is 8.89. The van der Waals surface area contributed by atoms with Crippen LogP contribution < -0.4 is 14.8 Å². The van der Waals surface area contributed by atoms with Crippen molar-refractivity contribution in [3.63, 3.8) is 0 Å². The molecule has 0 saturated heterocycles. The van der Waals surface area contributed by atoms with Gasteiger partial charge in [0.15, 0.2) is 0 Å². The number of carbonyl (C=O) groups is 2. The summed E-state index contributed by atoms with van der Waals surface area (Å²) in [6.45, 7) is -0.187. The number of nitrogens with zero attached hydrogens (tertiary/aromatic N) is 1. The van der Waals surface area contributed by atoms with E-state index in [1.54, 1.807) is 48.5 Å². The molecule has 200 valence electrons. The fourth-order valence-electron chi connectivity index (χ4n) is 4.23. The van der Waals surface area contributed by atoms with Crippen LogP contribution >= 0.6 is 0 Å². The molecule has 0 aliphatic rings. The molecular weight excluding hydrogens is 502 g/mol. The average Bonchev–Trinajstić information content (AvgIpc) is 2.95. The van der Waals surface area contributed by atoms with E-state index in [0.717, 1.165) is 5.56 Å². The average molecular weight is 531 g/mol. The van der Waals surface area contributed by atoms with E-state index < -0.39 is 29.5 Å². The molecule has 0 saturated carbocycles. The summed E-state index contributed by atoms with van der Waals surface area (Å²) in [6, 6.07) is 24.1. The van der Waals surface area contributed by atoms with E-state index in [2.05, 4.69) is 5.32 Å². The Hall–Kier alpha value is -4.72. The number of hydrogen-bond donors (Lipinski definition) is 1. The number of rotatable bonds is 10. The molecule has 2 amide bonds. The van der Waals surface area contributed by atoms with Crippen molar-refractivity contribution in [1.29, 1.82) is 0 Å². The van der Waals surface area contributed by atoms with Crippen molar-refractivity contribution in [1.82, 2.24) is 4.90 Å². The number of anilines is 1. The van der Waals surface area contributed by atoms with Crippen LogP contribution in [0.1, 0.15) is 22.7 Å². The number of hydrogen-bond acceptors (Lipinski definition) is 4. The second-order valence-corrected chi connectivity index (χ2v) is 8.78. The third-order valence-corrected chi connectivity index (χ3v) is 6.23.